The van der Waals surface area contributed by atoms with E-state index in [2.05, 4.69) is 36.3 Å². The Labute approximate surface area is 123 Å². The Morgan fingerprint density at radius 1 is 1.12 bits per heavy atom. The minimum absolute atomic E-state index is 0. The number of rotatable bonds is 1. The van der Waals surface area contributed by atoms with E-state index in [0.29, 0.717) is 0 Å². The highest BCUT2D eigenvalue weighted by molar-refractivity contribution is 7.97. The van der Waals surface area contributed by atoms with Gasteiger partial charge in [-0.05, 0) is 12.1 Å². The summed E-state index contributed by atoms with van der Waals surface area (Å²) in [5.41, 5.74) is 5.10. The van der Waals surface area contributed by atoms with Gasteiger partial charge in [0.2, 0.25) is 0 Å². The molecular weight excluding hydrogens is 271 g/mol. The van der Waals surface area contributed by atoms with Gasteiger partial charge in [0.05, 0.1) is 0 Å². The van der Waals surface area contributed by atoms with Gasteiger partial charge in [-0.3, -0.25) is 9.59 Å². The smallest absolute Gasteiger partial charge is 0.280 e. The van der Waals surface area contributed by atoms with Crippen LogP contribution >= 0.6 is 25.3 Å². The second-order valence-corrected chi connectivity index (χ2v) is 2.98. The van der Waals surface area contributed by atoms with Crippen LogP contribution in [0.1, 0.15) is 13.8 Å². The lowest BCUT2D eigenvalue weighted by Gasteiger charge is -1.97. The summed E-state index contributed by atoms with van der Waals surface area (Å²) >= 11 is 6.66. The third-order valence-electron chi connectivity index (χ3n) is 1.03. The Kier molecular flexibility index (Phi) is 19.6. The van der Waals surface area contributed by atoms with E-state index >= 15 is 0 Å². The molecule has 0 heterocycles. The summed E-state index contributed by atoms with van der Waals surface area (Å²) in [7, 11) is 0. The number of hydrogen-bond acceptors (Lipinski definition) is 2. The molecule has 3 radical (unpaired) electrons. The molecule has 0 aromatic heterocycles. The molecule has 0 aliphatic rings. The number of benzene rings is 1. The number of anilines is 1. The summed E-state index contributed by atoms with van der Waals surface area (Å²) in [6, 6.07) is 9.18. The fourth-order valence-electron chi connectivity index (χ4n) is 0.645. The zero-order valence-electron chi connectivity index (χ0n) is 9.75. The Balaban J connectivity index is -0.000000242. The van der Waals surface area contributed by atoms with E-state index in [9.17, 15) is 4.79 Å². The molecule has 1 aromatic rings. The molecule has 0 atom stereocenters. The summed E-state index contributed by atoms with van der Waals surface area (Å²) in [6.07, 6.45) is 0. The lowest BCUT2D eigenvalue weighted by Crippen LogP contribution is -1.99. The van der Waals surface area contributed by atoms with Crippen LogP contribution in [0.2, 0.25) is 0 Å². The fraction of sp³-hybridized carbons (Fsp3) is 0.200. The van der Waals surface area contributed by atoms with Crippen molar-refractivity contribution in [2.45, 2.75) is 13.8 Å². The molecule has 0 aliphatic heterocycles. The lowest BCUT2D eigenvalue weighted by atomic mass is 10.3. The molecule has 0 spiro atoms. The second kappa shape index (κ2) is 15.4. The summed E-state index contributed by atoms with van der Waals surface area (Å²) in [5.74, 6) is 0. The number of carbonyl (C=O) groups excluding carboxylic acids is 2. The zero-order chi connectivity index (χ0) is 13.0. The maximum Gasteiger partial charge on any atom is 0.280 e. The molecule has 0 saturated heterocycles. The van der Waals surface area contributed by atoms with Crippen molar-refractivity contribution in [3.8, 4) is 0 Å². The third-order valence-corrected chi connectivity index (χ3v) is 1.14. The molecule has 4 nitrogen and oxygen atoms in total. The molecule has 1 aromatic carbocycles. The molecule has 1 rings (SSSR count). The standard InChI is InChI=1S/C7H7NOS.C2H6.CH3NOS.Al/c9-7(10)8-6-4-2-1-3-5-6;1-2;2-1(3)4;/h1-5H,(H2,8,9,10);1-2H3;(H3,2,3,4);. The third kappa shape index (κ3) is 21.3. The van der Waals surface area contributed by atoms with Crippen molar-refractivity contribution in [2.75, 3.05) is 5.32 Å². The molecule has 0 fully saturated rings. The lowest BCUT2D eigenvalue weighted by molar-refractivity contribution is 0.267. The van der Waals surface area contributed by atoms with E-state index in [1.54, 1.807) is 12.1 Å². The maximum absolute atomic E-state index is 10.4. The van der Waals surface area contributed by atoms with Gasteiger partial charge in [0, 0.05) is 23.0 Å². The van der Waals surface area contributed by atoms with Crippen molar-refractivity contribution < 1.29 is 9.59 Å². The number of thiol groups is 2. The van der Waals surface area contributed by atoms with Crippen LogP contribution in [0.4, 0.5) is 15.3 Å². The highest BCUT2D eigenvalue weighted by Gasteiger charge is 1.91. The highest BCUT2D eigenvalue weighted by Crippen LogP contribution is 2.05. The highest BCUT2D eigenvalue weighted by atomic mass is 32.1. The normalized spacial score (nSPS) is 7.06. The Bertz CT molecular complexity index is 306. The molecule has 93 valence electrons. The van der Waals surface area contributed by atoms with Gasteiger partial charge in [0.25, 0.3) is 10.5 Å². The Morgan fingerprint density at radius 2 is 1.47 bits per heavy atom. The van der Waals surface area contributed by atoms with Crippen molar-refractivity contribution in [1.82, 2.24) is 0 Å². The van der Waals surface area contributed by atoms with Crippen molar-refractivity contribution in [1.29, 1.82) is 0 Å². The number of amides is 2. The van der Waals surface area contributed by atoms with Gasteiger partial charge in [-0.25, -0.2) is 0 Å². The van der Waals surface area contributed by atoms with Crippen LogP contribution in [0.25, 0.3) is 0 Å². The molecule has 3 N–H and O–H groups in total. The zero-order valence-corrected chi connectivity index (χ0v) is 12.7. The SMILES string of the molecule is CC.NC(=O)S.O=C(S)Nc1ccccc1.[Al]. The van der Waals surface area contributed by atoms with Gasteiger partial charge in [-0.15, -0.1) is 0 Å². The second-order valence-electron chi connectivity index (χ2n) is 2.13. The minimum Gasteiger partial charge on any atom is -0.361 e. The van der Waals surface area contributed by atoms with Gasteiger partial charge >= 0.3 is 0 Å². The first-order valence-electron chi connectivity index (χ1n) is 4.55. The van der Waals surface area contributed by atoms with E-state index < -0.39 is 5.24 Å². The van der Waals surface area contributed by atoms with E-state index in [0.717, 1.165) is 5.69 Å². The van der Waals surface area contributed by atoms with Crippen LogP contribution in [0.5, 0.6) is 0 Å². The first-order chi connectivity index (χ1) is 7.52. The molecular formula is C10H16AlN2O2S2. The van der Waals surface area contributed by atoms with Crippen molar-refractivity contribution in [3.05, 3.63) is 30.3 Å². The predicted octanol–water partition coefficient (Wildman–Crippen LogP) is 2.79. The van der Waals surface area contributed by atoms with E-state index in [1.807, 2.05) is 32.0 Å². The van der Waals surface area contributed by atoms with Crippen molar-refractivity contribution >= 4 is 58.8 Å². The van der Waals surface area contributed by atoms with E-state index in [-0.39, 0.29) is 22.6 Å². The largest absolute Gasteiger partial charge is 0.361 e. The van der Waals surface area contributed by atoms with Crippen molar-refractivity contribution in [3.63, 3.8) is 0 Å². The molecule has 0 aliphatic carbocycles. The number of nitrogens with two attached hydrogens (primary N) is 1. The molecule has 0 bridgehead atoms. The molecule has 0 unspecified atom stereocenters. The van der Waals surface area contributed by atoms with Gasteiger partial charge in [0.1, 0.15) is 0 Å². The number of carbonyl (C=O) groups is 2. The molecule has 0 saturated carbocycles. The summed E-state index contributed by atoms with van der Waals surface area (Å²) in [6.45, 7) is 4.00. The van der Waals surface area contributed by atoms with E-state index in [4.69, 9.17) is 4.79 Å². The van der Waals surface area contributed by atoms with Gasteiger partial charge in [-0.1, -0.05) is 57.3 Å². The number of para-hydroxylation sites is 1. The van der Waals surface area contributed by atoms with Crippen LogP contribution in [0.15, 0.2) is 30.3 Å². The van der Waals surface area contributed by atoms with Crippen LogP contribution in [0, 0.1) is 0 Å². The molecule has 7 heteroatoms. The molecule has 17 heavy (non-hydrogen) atoms. The number of primary amides is 1. The van der Waals surface area contributed by atoms with Crippen LogP contribution in [-0.2, 0) is 0 Å². The van der Waals surface area contributed by atoms with Crippen LogP contribution in [-0.4, -0.2) is 27.8 Å². The van der Waals surface area contributed by atoms with E-state index in [1.165, 1.54) is 0 Å². The van der Waals surface area contributed by atoms with Crippen molar-refractivity contribution in [2.24, 2.45) is 5.73 Å². The topological polar surface area (TPSA) is 72.2 Å². The predicted molar refractivity (Wildman–Crippen MR) is 80.1 cm³/mol. The average Bonchev–Trinajstić information content (AvgIpc) is 2.20. The molecule has 2 amide bonds. The average molecular weight is 287 g/mol. The summed E-state index contributed by atoms with van der Waals surface area (Å²) in [4.78, 5) is 19.5. The maximum atomic E-state index is 10.4. The quantitative estimate of drug-likeness (QED) is 0.474. The summed E-state index contributed by atoms with van der Waals surface area (Å²) < 4.78 is 0. The minimum atomic E-state index is -0.639. The monoisotopic (exact) mass is 287 g/mol. The number of nitrogens with one attached hydrogen (secondary N) is 1. The Morgan fingerprint density at radius 3 is 1.76 bits per heavy atom. The van der Waals surface area contributed by atoms with Crippen LogP contribution in [0.3, 0.4) is 0 Å². The summed E-state index contributed by atoms with van der Waals surface area (Å²) in [5, 5.41) is 1.55. The van der Waals surface area contributed by atoms with Gasteiger partial charge in [-0.2, -0.15) is 0 Å². The van der Waals surface area contributed by atoms with Gasteiger partial charge < -0.3 is 11.1 Å². The first kappa shape index (κ1) is 21.7. The van der Waals surface area contributed by atoms with Gasteiger partial charge in [0.15, 0.2) is 0 Å². The fourth-order valence-corrected chi connectivity index (χ4v) is 0.774. The number of hydrogen-bond donors (Lipinski definition) is 4. The first-order valence-corrected chi connectivity index (χ1v) is 5.45. The Hall–Kier alpha value is -0.608. The van der Waals surface area contributed by atoms with Crippen LogP contribution < -0.4 is 11.1 Å².